The number of hydrogen-bond donors (Lipinski definition) is 2. The zero-order valence-electron chi connectivity index (χ0n) is 11.2. The molecule has 1 atom stereocenters. The zero-order chi connectivity index (χ0) is 14.0. The van der Waals surface area contributed by atoms with Gasteiger partial charge in [0.15, 0.2) is 0 Å². The summed E-state index contributed by atoms with van der Waals surface area (Å²) in [7, 11) is 0. The summed E-state index contributed by atoms with van der Waals surface area (Å²) >= 11 is 7.65. The number of carbonyl (C=O) groups is 1. The Morgan fingerprint density at radius 3 is 2.63 bits per heavy atom. The van der Waals surface area contributed by atoms with Gasteiger partial charge in [0.05, 0.1) is 4.34 Å². The average Bonchev–Trinajstić information content (AvgIpc) is 2.87. The van der Waals surface area contributed by atoms with Crippen molar-refractivity contribution in [3.05, 3.63) is 20.8 Å². The summed E-state index contributed by atoms with van der Waals surface area (Å²) in [6, 6.07) is 2.01. The zero-order valence-corrected chi connectivity index (χ0v) is 12.8. The van der Waals surface area contributed by atoms with Crippen LogP contribution in [0.4, 0.5) is 0 Å². The molecule has 1 fully saturated rings. The molecule has 19 heavy (non-hydrogen) atoms. The number of thiophene rings is 1. The summed E-state index contributed by atoms with van der Waals surface area (Å²) in [5.41, 5.74) is 12.8. The molecule has 0 aliphatic heterocycles. The van der Waals surface area contributed by atoms with Crippen LogP contribution in [0.2, 0.25) is 4.34 Å². The molecule has 1 saturated carbocycles. The quantitative estimate of drug-likeness (QED) is 0.873. The monoisotopic (exact) mass is 300 g/mol. The van der Waals surface area contributed by atoms with Crippen molar-refractivity contribution in [2.24, 2.45) is 16.9 Å². The largest absolute Gasteiger partial charge is 0.370 e. The van der Waals surface area contributed by atoms with E-state index in [0.29, 0.717) is 6.42 Å². The highest BCUT2D eigenvalue weighted by atomic mass is 35.5. The van der Waals surface area contributed by atoms with Crippen LogP contribution in [0.1, 0.15) is 55.0 Å². The highest BCUT2D eigenvalue weighted by molar-refractivity contribution is 7.16. The van der Waals surface area contributed by atoms with Gasteiger partial charge in [-0.05, 0) is 43.2 Å². The molecule has 0 aromatic carbocycles. The van der Waals surface area contributed by atoms with Crippen LogP contribution in [0, 0.1) is 12.3 Å². The second kappa shape index (κ2) is 5.81. The molecule has 1 aromatic rings. The van der Waals surface area contributed by atoms with Gasteiger partial charge in [-0.3, -0.25) is 4.79 Å². The van der Waals surface area contributed by atoms with Crippen molar-refractivity contribution in [1.29, 1.82) is 0 Å². The molecular formula is C14H21ClN2OS. The maximum absolute atomic E-state index is 11.3. The van der Waals surface area contributed by atoms with E-state index in [4.69, 9.17) is 23.1 Å². The first-order valence-electron chi connectivity index (χ1n) is 6.72. The number of nitrogens with two attached hydrogens (primary N) is 2. The van der Waals surface area contributed by atoms with Crippen molar-refractivity contribution < 1.29 is 4.79 Å². The number of primary amides is 1. The van der Waals surface area contributed by atoms with Gasteiger partial charge in [-0.15, -0.1) is 11.3 Å². The van der Waals surface area contributed by atoms with Gasteiger partial charge in [-0.2, -0.15) is 0 Å². The first-order chi connectivity index (χ1) is 8.92. The molecule has 1 aromatic heterocycles. The lowest BCUT2D eigenvalue weighted by Crippen LogP contribution is -2.29. The smallest absolute Gasteiger partial charge is 0.217 e. The average molecular weight is 301 g/mol. The minimum atomic E-state index is -0.213. The van der Waals surface area contributed by atoms with Crippen LogP contribution in [-0.2, 0) is 4.79 Å². The number of hydrogen-bond acceptors (Lipinski definition) is 3. The Morgan fingerprint density at radius 1 is 1.53 bits per heavy atom. The maximum atomic E-state index is 11.3. The van der Waals surface area contributed by atoms with Crippen LogP contribution in [0.15, 0.2) is 6.07 Å². The minimum Gasteiger partial charge on any atom is -0.370 e. The van der Waals surface area contributed by atoms with E-state index >= 15 is 0 Å². The Balaban J connectivity index is 2.10. The molecule has 1 aliphatic carbocycles. The molecule has 1 heterocycles. The van der Waals surface area contributed by atoms with Gasteiger partial charge in [0.2, 0.25) is 5.91 Å². The molecule has 5 heteroatoms. The van der Waals surface area contributed by atoms with E-state index in [9.17, 15) is 4.79 Å². The summed E-state index contributed by atoms with van der Waals surface area (Å²) < 4.78 is 0.806. The third-order valence-electron chi connectivity index (χ3n) is 4.11. The second-order valence-corrected chi connectivity index (χ2v) is 7.45. The van der Waals surface area contributed by atoms with Gasteiger partial charge in [-0.25, -0.2) is 0 Å². The lowest BCUT2D eigenvalue weighted by Gasteiger charge is -2.30. The highest BCUT2D eigenvalue weighted by Gasteiger charge is 2.37. The van der Waals surface area contributed by atoms with E-state index in [0.717, 1.165) is 34.0 Å². The fraction of sp³-hybridized carbons (Fsp3) is 0.643. The topological polar surface area (TPSA) is 69.1 Å². The molecule has 4 N–H and O–H groups in total. The van der Waals surface area contributed by atoms with E-state index in [1.54, 1.807) is 11.3 Å². The molecule has 1 aliphatic rings. The van der Waals surface area contributed by atoms with E-state index in [1.807, 2.05) is 6.92 Å². The van der Waals surface area contributed by atoms with Crippen molar-refractivity contribution in [2.75, 3.05) is 0 Å². The summed E-state index contributed by atoms with van der Waals surface area (Å²) in [4.78, 5) is 12.4. The molecule has 3 nitrogen and oxygen atoms in total. The number of aryl methyl sites for hydroxylation is 1. The number of amides is 1. The Labute approximate surface area is 123 Å². The van der Waals surface area contributed by atoms with Crippen LogP contribution >= 0.6 is 22.9 Å². The lowest BCUT2D eigenvalue weighted by atomic mass is 9.77. The van der Waals surface area contributed by atoms with Gasteiger partial charge in [-0.1, -0.05) is 24.4 Å². The first-order valence-corrected chi connectivity index (χ1v) is 7.91. The Bertz CT molecular complexity index is 447. The van der Waals surface area contributed by atoms with Crippen molar-refractivity contribution >= 4 is 28.8 Å². The van der Waals surface area contributed by atoms with Gasteiger partial charge >= 0.3 is 0 Å². The third-order valence-corrected chi connectivity index (χ3v) is 5.80. The van der Waals surface area contributed by atoms with Crippen molar-refractivity contribution in [1.82, 2.24) is 0 Å². The van der Waals surface area contributed by atoms with Crippen molar-refractivity contribution in [2.45, 2.75) is 51.5 Å². The fourth-order valence-electron chi connectivity index (χ4n) is 3.18. The standard InChI is InChI=1S/C14H21ClN2OS/c1-9-6-11(19-13(9)15)10(16)7-14(8-12(17)18)4-2-3-5-14/h6,10H,2-5,7-8,16H2,1H3,(H2,17,18). The van der Waals surface area contributed by atoms with Crippen LogP contribution < -0.4 is 11.5 Å². The van der Waals surface area contributed by atoms with Crippen molar-refractivity contribution in [3.63, 3.8) is 0 Å². The maximum Gasteiger partial charge on any atom is 0.217 e. The highest BCUT2D eigenvalue weighted by Crippen LogP contribution is 2.47. The molecule has 1 amide bonds. The Hall–Kier alpha value is -0.580. The van der Waals surface area contributed by atoms with Gasteiger partial charge in [0.1, 0.15) is 0 Å². The van der Waals surface area contributed by atoms with E-state index in [1.165, 1.54) is 12.8 Å². The molecule has 2 rings (SSSR count). The Kier molecular flexibility index (Phi) is 4.54. The van der Waals surface area contributed by atoms with Crippen LogP contribution in [0.3, 0.4) is 0 Å². The van der Waals surface area contributed by atoms with Crippen LogP contribution in [0.25, 0.3) is 0 Å². The lowest BCUT2D eigenvalue weighted by molar-refractivity contribution is -0.120. The van der Waals surface area contributed by atoms with Gasteiger partial charge in [0.25, 0.3) is 0 Å². The summed E-state index contributed by atoms with van der Waals surface area (Å²) in [6.07, 6.45) is 5.74. The van der Waals surface area contributed by atoms with Crippen molar-refractivity contribution in [3.8, 4) is 0 Å². The molecule has 0 radical (unpaired) electrons. The summed E-state index contributed by atoms with van der Waals surface area (Å²) in [6.45, 7) is 1.99. The molecule has 106 valence electrons. The predicted molar refractivity (Wildman–Crippen MR) is 80.3 cm³/mol. The summed E-state index contributed by atoms with van der Waals surface area (Å²) in [5, 5.41) is 0. The summed E-state index contributed by atoms with van der Waals surface area (Å²) in [5.74, 6) is -0.213. The normalized spacial score (nSPS) is 19.5. The van der Waals surface area contributed by atoms with Crippen LogP contribution in [0.5, 0.6) is 0 Å². The molecular weight excluding hydrogens is 280 g/mol. The SMILES string of the molecule is Cc1cc(C(N)CC2(CC(N)=O)CCCC2)sc1Cl. The van der Waals surface area contributed by atoms with E-state index < -0.39 is 0 Å². The third kappa shape index (κ3) is 3.50. The van der Waals surface area contributed by atoms with E-state index in [2.05, 4.69) is 6.07 Å². The second-order valence-electron chi connectivity index (χ2n) is 5.77. The predicted octanol–water partition coefficient (Wildman–Crippen LogP) is 3.54. The first kappa shape index (κ1) is 14.8. The number of halogens is 1. The van der Waals surface area contributed by atoms with Gasteiger partial charge in [0, 0.05) is 17.3 Å². The Morgan fingerprint density at radius 2 is 2.16 bits per heavy atom. The molecule has 1 unspecified atom stereocenters. The van der Waals surface area contributed by atoms with Crippen LogP contribution in [-0.4, -0.2) is 5.91 Å². The van der Waals surface area contributed by atoms with Gasteiger partial charge < -0.3 is 11.5 Å². The minimum absolute atomic E-state index is 0.00954. The molecule has 0 spiro atoms. The number of carbonyl (C=O) groups excluding carboxylic acids is 1. The molecule has 0 bridgehead atoms. The fourth-order valence-corrected chi connectivity index (χ4v) is 4.40. The molecule has 0 saturated heterocycles. The number of rotatable bonds is 5. The van der Waals surface area contributed by atoms with E-state index in [-0.39, 0.29) is 17.4 Å².